The summed E-state index contributed by atoms with van der Waals surface area (Å²) in [6.07, 6.45) is 0. The predicted molar refractivity (Wildman–Crippen MR) is 72.1 cm³/mol. The van der Waals surface area contributed by atoms with Crippen molar-refractivity contribution < 1.29 is 13.5 Å². The monoisotopic (exact) mass is 274 g/mol. The molecule has 0 aliphatic heterocycles. The van der Waals surface area contributed by atoms with E-state index in [2.05, 4.69) is 29.2 Å². The maximum absolute atomic E-state index is 11.9. The third-order valence-corrected chi connectivity index (χ3v) is 2.25. The first-order valence-corrected chi connectivity index (χ1v) is 5.98. The number of hydrogen-bond acceptors (Lipinski definition) is 2. The molecule has 0 heterocycles. The minimum absolute atomic E-state index is 0.122. The fourth-order valence-electron chi connectivity index (χ4n) is 1.19. The first-order chi connectivity index (χ1) is 8.47. The van der Waals surface area contributed by atoms with Gasteiger partial charge in [-0.3, -0.25) is 0 Å². The summed E-state index contributed by atoms with van der Waals surface area (Å²) in [4.78, 5) is 0. The highest BCUT2D eigenvalue weighted by molar-refractivity contribution is 7.80. The highest BCUT2D eigenvalue weighted by atomic mass is 32.1. The molecule has 0 fully saturated rings. The Labute approximate surface area is 111 Å². The third-order valence-electron chi connectivity index (χ3n) is 2.01. The van der Waals surface area contributed by atoms with Gasteiger partial charge in [0.25, 0.3) is 0 Å². The summed E-state index contributed by atoms with van der Waals surface area (Å²) in [6.45, 7) is 2.12. The summed E-state index contributed by atoms with van der Waals surface area (Å²) in [6, 6.07) is 6.17. The van der Waals surface area contributed by atoms with E-state index >= 15 is 0 Å². The smallest absolute Gasteiger partial charge is 0.387 e. The van der Waals surface area contributed by atoms with E-state index < -0.39 is 6.61 Å². The molecule has 0 bridgehead atoms. The Morgan fingerprint density at radius 3 is 2.39 bits per heavy atom. The Bertz CT molecular complexity index is 382. The Hall–Kier alpha value is -1.43. The van der Waals surface area contributed by atoms with Crippen LogP contribution in [0.4, 0.5) is 14.5 Å². The number of nitrogens with one attached hydrogen (secondary N) is 2. The van der Waals surface area contributed by atoms with Crippen LogP contribution < -0.4 is 15.4 Å². The molecule has 100 valence electrons. The van der Waals surface area contributed by atoms with Crippen molar-refractivity contribution in [2.45, 2.75) is 20.5 Å². The second-order valence-corrected chi connectivity index (χ2v) is 4.54. The molecule has 1 aromatic carbocycles. The normalized spacial score (nSPS) is 10.6. The zero-order chi connectivity index (χ0) is 13.5. The van der Waals surface area contributed by atoms with Crippen molar-refractivity contribution in [2.75, 3.05) is 11.9 Å². The zero-order valence-corrected chi connectivity index (χ0v) is 11.1. The molecule has 0 aliphatic carbocycles. The largest absolute Gasteiger partial charge is 0.435 e. The number of halogens is 2. The van der Waals surface area contributed by atoms with Crippen LogP contribution in [0.5, 0.6) is 5.75 Å². The van der Waals surface area contributed by atoms with Gasteiger partial charge in [0, 0.05) is 12.2 Å². The molecule has 0 radical (unpaired) electrons. The van der Waals surface area contributed by atoms with Crippen LogP contribution in [-0.4, -0.2) is 18.3 Å². The van der Waals surface area contributed by atoms with Crippen LogP contribution in [0, 0.1) is 5.92 Å². The molecular formula is C12H16F2N2OS. The van der Waals surface area contributed by atoms with Gasteiger partial charge in [0.15, 0.2) is 5.11 Å². The molecule has 1 aromatic rings. The standard InChI is InChI=1S/C12H16F2N2OS/c1-8(2)7-15-12(18)16-9-3-5-10(6-4-9)17-11(13)14/h3-6,8,11H,7H2,1-2H3,(H2,15,16,18). The molecule has 0 atom stereocenters. The molecule has 18 heavy (non-hydrogen) atoms. The average Bonchev–Trinajstić information content (AvgIpc) is 2.28. The summed E-state index contributed by atoms with van der Waals surface area (Å²) in [5.74, 6) is 0.614. The van der Waals surface area contributed by atoms with Gasteiger partial charge in [-0.15, -0.1) is 0 Å². The lowest BCUT2D eigenvalue weighted by molar-refractivity contribution is -0.0498. The van der Waals surface area contributed by atoms with Crippen molar-refractivity contribution >= 4 is 23.0 Å². The lowest BCUT2D eigenvalue weighted by Gasteiger charge is -2.12. The zero-order valence-electron chi connectivity index (χ0n) is 10.2. The number of alkyl halides is 2. The van der Waals surface area contributed by atoms with E-state index in [9.17, 15) is 8.78 Å². The number of rotatable bonds is 5. The van der Waals surface area contributed by atoms with Crippen molar-refractivity contribution in [3.05, 3.63) is 24.3 Å². The number of hydrogen-bond donors (Lipinski definition) is 2. The van der Waals surface area contributed by atoms with Crippen LogP contribution in [0.2, 0.25) is 0 Å². The number of ether oxygens (including phenoxy) is 1. The van der Waals surface area contributed by atoms with Gasteiger partial charge in [0.1, 0.15) is 5.75 Å². The van der Waals surface area contributed by atoms with Gasteiger partial charge >= 0.3 is 6.61 Å². The Kier molecular flexibility index (Phi) is 5.77. The molecule has 3 nitrogen and oxygen atoms in total. The van der Waals surface area contributed by atoms with Crippen LogP contribution in [-0.2, 0) is 0 Å². The molecule has 0 saturated heterocycles. The summed E-state index contributed by atoms with van der Waals surface area (Å²) >= 11 is 5.08. The Morgan fingerprint density at radius 2 is 1.89 bits per heavy atom. The van der Waals surface area contributed by atoms with Crippen LogP contribution in [0.3, 0.4) is 0 Å². The van der Waals surface area contributed by atoms with E-state index in [1.165, 1.54) is 12.1 Å². The first kappa shape index (κ1) is 14.6. The highest BCUT2D eigenvalue weighted by Gasteiger charge is 2.04. The topological polar surface area (TPSA) is 33.3 Å². The number of anilines is 1. The Morgan fingerprint density at radius 1 is 1.28 bits per heavy atom. The quantitative estimate of drug-likeness (QED) is 0.808. The SMILES string of the molecule is CC(C)CNC(=S)Nc1ccc(OC(F)F)cc1. The maximum Gasteiger partial charge on any atom is 0.387 e. The van der Waals surface area contributed by atoms with Crippen LogP contribution >= 0.6 is 12.2 Å². The second kappa shape index (κ2) is 7.10. The second-order valence-electron chi connectivity index (χ2n) is 4.13. The van der Waals surface area contributed by atoms with Crippen molar-refractivity contribution in [3.63, 3.8) is 0 Å². The van der Waals surface area contributed by atoms with E-state index in [0.717, 1.165) is 12.2 Å². The molecule has 2 N–H and O–H groups in total. The summed E-state index contributed by atoms with van der Waals surface area (Å²) < 4.78 is 28.1. The maximum atomic E-state index is 11.9. The minimum Gasteiger partial charge on any atom is -0.435 e. The van der Waals surface area contributed by atoms with Gasteiger partial charge < -0.3 is 15.4 Å². The predicted octanol–water partition coefficient (Wildman–Crippen LogP) is 3.23. The van der Waals surface area contributed by atoms with Crippen LogP contribution in [0.1, 0.15) is 13.8 Å². The van der Waals surface area contributed by atoms with E-state index in [4.69, 9.17) is 12.2 Å². The van der Waals surface area contributed by atoms with Crippen LogP contribution in [0.25, 0.3) is 0 Å². The average molecular weight is 274 g/mol. The Balaban J connectivity index is 2.45. The summed E-state index contributed by atoms with van der Waals surface area (Å²) in [5, 5.41) is 6.51. The number of benzene rings is 1. The van der Waals surface area contributed by atoms with Gasteiger partial charge in [0.2, 0.25) is 0 Å². The highest BCUT2D eigenvalue weighted by Crippen LogP contribution is 2.17. The molecule has 0 aromatic heterocycles. The van der Waals surface area contributed by atoms with Gasteiger partial charge in [0.05, 0.1) is 0 Å². The minimum atomic E-state index is -2.81. The van der Waals surface area contributed by atoms with Crippen molar-refractivity contribution in [3.8, 4) is 5.75 Å². The van der Waals surface area contributed by atoms with Crippen molar-refractivity contribution in [1.82, 2.24) is 5.32 Å². The molecular weight excluding hydrogens is 258 g/mol. The van der Waals surface area contributed by atoms with E-state index in [0.29, 0.717) is 11.0 Å². The molecule has 0 spiro atoms. The lowest BCUT2D eigenvalue weighted by atomic mass is 10.2. The lowest BCUT2D eigenvalue weighted by Crippen LogP contribution is -2.31. The molecule has 0 unspecified atom stereocenters. The van der Waals surface area contributed by atoms with Gasteiger partial charge in [-0.05, 0) is 42.4 Å². The molecule has 1 rings (SSSR count). The number of thiocarbonyl (C=S) groups is 1. The summed E-state index contributed by atoms with van der Waals surface area (Å²) in [7, 11) is 0. The van der Waals surface area contributed by atoms with Gasteiger partial charge in [-0.1, -0.05) is 13.8 Å². The van der Waals surface area contributed by atoms with Gasteiger partial charge in [-0.25, -0.2) is 0 Å². The van der Waals surface area contributed by atoms with E-state index in [-0.39, 0.29) is 5.75 Å². The first-order valence-electron chi connectivity index (χ1n) is 5.57. The van der Waals surface area contributed by atoms with E-state index in [1.807, 2.05) is 0 Å². The molecule has 0 aliphatic rings. The summed E-state index contributed by atoms with van der Waals surface area (Å²) in [5.41, 5.74) is 0.720. The fourth-order valence-corrected chi connectivity index (χ4v) is 1.39. The van der Waals surface area contributed by atoms with Gasteiger partial charge in [-0.2, -0.15) is 8.78 Å². The third kappa shape index (κ3) is 5.77. The van der Waals surface area contributed by atoms with Crippen molar-refractivity contribution in [2.24, 2.45) is 5.92 Å². The van der Waals surface area contributed by atoms with Crippen LogP contribution in [0.15, 0.2) is 24.3 Å². The fraction of sp³-hybridized carbons (Fsp3) is 0.417. The van der Waals surface area contributed by atoms with Crippen molar-refractivity contribution in [1.29, 1.82) is 0 Å². The molecule has 6 heteroatoms. The molecule has 0 saturated carbocycles. The van der Waals surface area contributed by atoms with E-state index in [1.54, 1.807) is 12.1 Å². The molecule has 0 amide bonds.